The van der Waals surface area contributed by atoms with Gasteiger partial charge < -0.3 is 29.6 Å². The summed E-state index contributed by atoms with van der Waals surface area (Å²) < 4.78 is 10.2. The van der Waals surface area contributed by atoms with Gasteiger partial charge in [0.15, 0.2) is 0 Å². The number of carbonyl (C=O) groups is 3. The Morgan fingerprint density at radius 1 is 1.07 bits per heavy atom. The normalized spacial score (nSPS) is 14.2. The molecule has 2 heterocycles. The Hall–Kier alpha value is -3.33. The first-order chi connectivity index (χ1) is 14.6. The summed E-state index contributed by atoms with van der Waals surface area (Å²) in [7, 11) is 1.59. The first kappa shape index (κ1) is 21.4. The molecule has 0 atom stereocenters. The quantitative estimate of drug-likeness (QED) is 0.507. The lowest BCUT2D eigenvalue weighted by atomic mass is 10.1. The maximum Gasteiger partial charge on any atom is 0.309 e. The number of benzene rings is 1. The number of hydrogen-bond acceptors (Lipinski definition) is 5. The second-order valence-electron chi connectivity index (χ2n) is 7.04. The van der Waals surface area contributed by atoms with Crippen LogP contribution in [0.4, 0.5) is 0 Å². The molecule has 3 amide bonds. The van der Waals surface area contributed by atoms with Crippen LogP contribution in [-0.4, -0.2) is 69.0 Å². The van der Waals surface area contributed by atoms with Crippen LogP contribution in [0, 0.1) is 0 Å². The van der Waals surface area contributed by atoms with Gasteiger partial charge in [-0.05, 0) is 36.4 Å². The molecule has 0 saturated carbocycles. The first-order valence-corrected chi connectivity index (χ1v) is 9.92. The van der Waals surface area contributed by atoms with E-state index in [0.717, 1.165) is 18.8 Å². The number of rotatable bonds is 7. The van der Waals surface area contributed by atoms with Crippen LogP contribution < -0.4 is 20.3 Å². The van der Waals surface area contributed by atoms with Crippen molar-refractivity contribution >= 4 is 17.7 Å². The number of ether oxygens (including phenoxy) is 1. The van der Waals surface area contributed by atoms with Crippen LogP contribution in [0.25, 0.3) is 0 Å². The molecule has 0 unspecified atom stereocenters. The molecular weight excluding hydrogens is 388 g/mol. The Labute approximate surface area is 175 Å². The highest BCUT2D eigenvalue weighted by atomic mass is 16.5. The molecule has 9 heteroatoms. The summed E-state index contributed by atoms with van der Waals surface area (Å²) in [5.41, 5.74) is 0.645. The average molecular weight is 415 g/mol. The molecule has 0 spiro atoms. The molecule has 1 fully saturated rings. The summed E-state index contributed by atoms with van der Waals surface area (Å²) in [5, 5.41) is 5.15. The Kier molecular flexibility index (Phi) is 7.45. The minimum absolute atomic E-state index is 0.0123. The molecule has 1 aliphatic rings. The van der Waals surface area contributed by atoms with Crippen LogP contribution >= 0.6 is 0 Å². The second-order valence-corrected chi connectivity index (χ2v) is 7.04. The molecule has 160 valence electrons. The zero-order chi connectivity index (χ0) is 21.3. The van der Waals surface area contributed by atoms with Gasteiger partial charge in [-0.2, -0.15) is 0 Å². The molecule has 0 radical (unpaired) electrons. The Morgan fingerprint density at radius 2 is 1.77 bits per heavy atom. The fourth-order valence-corrected chi connectivity index (χ4v) is 3.29. The van der Waals surface area contributed by atoms with Gasteiger partial charge in [0.25, 0.3) is 5.91 Å². The molecule has 1 aromatic heterocycles. The van der Waals surface area contributed by atoms with Crippen molar-refractivity contribution in [3.63, 3.8) is 0 Å². The van der Waals surface area contributed by atoms with Gasteiger partial charge in [-0.15, -0.1) is 0 Å². The highest BCUT2D eigenvalue weighted by molar-refractivity contribution is 6.35. The minimum Gasteiger partial charge on any atom is -0.497 e. The van der Waals surface area contributed by atoms with Gasteiger partial charge in [-0.25, -0.2) is 0 Å². The third-order valence-electron chi connectivity index (χ3n) is 5.07. The lowest BCUT2D eigenvalue weighted by Crippen LogP contribution is -3.15. The standard InChI is InChI=1S/C21H26N4O5/c1-29-17-6-4-16(5-7-17)21(28)25-12-10-24(11-13-25)9-8-22-19(26)20(27)23-15-18-3-2-14-30-18/h2-7,14H,8-13,15H2,1H3,(H,22,26)(H,23,27)/p+1. The van der Waals surface area contributed by atoms with Gasteiger partial charge in [-0.1, -0.05) is 0 Å². The summed E-state index contributed by atoms with van der Waals surface area (Å²) in [5.74, 6) is -0.0241. The van der Waals surface area contributed by atoms with Crippen molar-refractivity contribution in [3.05, 3.63) is 54.0 Å². The van der Waals surface area contributed by atoms with Crippen molar-refractivity contribution in [2.24, 2.45) is 0 Å². The predicted molar refractivity (Wildman–Crippen MR) is 108 cm³/mol. The third kappa shape index (κ3) is 5.84. The zero-order valence-corrected chi connectivity index (χ0v) is 17.0. The number of methoxy groups -OCH3 is 1. The Bertz CT molecular complexity index is 843. The van der Waals surface area contributed by atoms with Crippen LogP contribution in [0.1, 0.15) is 16.1 Å². The SMILES string of the molecule is COc1ccc(C(=O)N2CC[NH+](CCNC(=O)C(=O)NCc3ccco3)CC2)cc1. The molecule has 3 rings (SSSR count). The topological polar surface area (TPSA) is 105 Å². The fraction of sp³-hybridized carbons (Fsp3) is 0.381. The Morgan fingerprint density at radius 3 is 2.40 bits per heavy atom. The van der Waals surface area contributed by atoms with Crippen LogP contribution in [0.3, 0.4) is 0 Å². The number of hydrogen-bond donors (Lipinski definition) is 3. The van der Waals surface area contributed by atoms with Crippen LogP contribution in [0.5, 0.6) is 5.75 Å². The molecule has 1 saturated heterocycles. The number of carbonyl (C=O) groups excluding carboxylic acids is 3. The molecule has 9 nitrogen and oxygen atoms in total. The number of nitrogens with one attached hydrogen (secondary N) is 3. The summed E-state index contributed by atoms with van der Waals surface area (Å²) in [4.78, 5) is 39.4. The number of piperazine rings is 1. The highest BCUT2D eigenvalue weighted by Gasteiger charge is 2.24. The van der Waals surface area contributed by atoms with Gasteiger partial charge in [-0.3, -0.25) is 14.4 Å². The minimum atomic E-state index is -0.684. The third-order valence-corrected chi connectivity index (χ3v) is 5.07. The van der Waals surface area contributed by atoms with E-state index < -0.39 is 11.8 Å². The fourth-order valence-electron chi connectivity index (χ4n) is 3.29. The largest absolute Gasteiger partial charge is 0.497 e. The number of furan rings is 1. The zero-order valence-electron chi connectivity index (χ0n) is 17.0. The summed E-state index contributed by atoms with van der Waals surface area (Å²) in [6, 6.07) is 10.5. The maximum absolute atomic E-state index is 12.6. The van der Waals surface area contributed by atoms with Crippen molar-refractivity contribution in [3.8, 4) is 5.75 Å². The van der Waals surface area contributed by atoms with Crippen molar-refractivity contribution in [1.29, 1.82) is 0 Å². The molecule has 1 aromatic carbocycles. The van der Waals surface area contributed by atoms with E-state index >= 15 is 0 Å². The van der Waals surface area contributed by atoms with Gasteiger partial charge in [0.1, 0.15) is 11.5 Å². The van der Waals surface area contributed by atoms with Crippen LogP contribution in [-0.2, 0) is 16.1 Å². The van der Waals surface area contributed by atoms with E-state index in [1.54, 1.807) is 43.5 Å². The first-order valence-electron chi connectivity index (χ1n) is 9.92. The van der Waals surface area contributed by atoms with E-state index in [4.69, 9.17) is 9.15 Å². The molecule has 0 aliphatic carbocycles. The lowest BCUT2D eigenvalue weighted by molar-refractivity contribution is -0.902. The average Bonchev–Trinajstić information content (AvgIpc) is 3.31. The van der Waals surface area contributed by atoms with E-state index in [-0.39, 0.29) is 12.5 Å². The van der Waals surface area contributed by atoms with E-state index in [1.165, 1.54) is 11.2 Å². The number of amides is 3. The maximum atomic E-state index is 12.6. The van der Waals surface area contributed by atoms with Gasteiger partial charge in [0.05, 0.1) is 59.2 Å². The van der Waals surface area contributed by atoms with Gasteiger partial charge in [0, 0.05) is 5.56 Å². The molecule has 1 aliphatic heterocycles. The summed E-state index contributed by atoms with van der Waals surface area (Å²) in [6.07, 6.45) is 1.51. The second kappa shape index (κ2) is 10.4. The molecular formula is C21H27N4O5+. The molecule has 3 N–H and O–H groups in total. The Balaban J connectivity index is 1.33. The van der Waals surface area contributed by atoms with Crippen molar-refractivity contribution in [1.82, 2.24) is 15.5 Å². The molecule has 2 aromatic rings. The van der Waals surface area contributed by atoms with Gasteiger partial charge in [0.2, 0.25) is 0 Å². The monoisotopic (exact) mass is 415 g/mol. The molecule has 30 heavy (non-hydrogen) atoms. The number of nitrogens with zero attached hydrogens (tertiary/aromatic N) is 1. The van der Waals surface area contributed by atoms with E-state index in [1.807, 2.05) is 4.90 Å². The van der Waals surface area contributed by atoms with E-state index in [9.17, 15) is 14.4 Å². The van der Waals surface area contributed by atoms with Crippen LogP contribution in [0.2, 0.25) is 0 Å². The number of quaternary nitrogens is 1. The lowest BCUT2D eigenvalue weighted by Gasteiger charge is -2.32. The van der Waals surface area contributed by atoms with Gasteiger partial charge >= 0.3 is 11.8 Å². The van der Waals surface area contributed by atoms with E-state index in [2.05, 4.69) is 10.6 Å². The van der Waals surface area contributed by atoms with Crippen molar-refractivity contribution in [2.45, 2.75) is 6.54 Å². The summed E-state index contributed by atoms with van der Waals surface area (Å²) >= 11 is 0. The van der Waals surface area contributed by atoms with E-state index in [0.29, 0.717) is 37.5 Å². The predicted octanol–water partition coefficient (Wildman–Crippen LogP) is -0.938. The van der Waals surface area contributed by atoms with Crippen molar-refractivity contribution < 1.29 is 28.4 Å². The molecule has 0 bridgehead atoms. The van der Waals surface area contributed by atoms with Crippen molar-refractivity contribution in [2.75, 3.05) is 46.4 Å². The smallest absolute Gasteiger partial charge is 0.309 e. The van der Waals surface area contributed by atoms with Crippen LogP contribution in [0.15, 0.2) is 47.1 Å². The highest BCUT2D eigenvalue weighted by Crippen LogP contribution is 2.13. The summed E-state index contributed by atoms with van der Waals surface area (Å²) in [6.45, 7) is 4.16.